The number of para-hydroxylation sites is 1. The van der Waals surface area contributed by atoms with Gasteiger partial charge in [0.05, 0.1) is 0 Å². The Hall–Kier alpha value is -3.05. The quantitative estimate of drug-likeness (QED) is 0.460. The summed E-state index contributed by atoms with van der Waals surface area (Å²) in [6.07, 6.45) is 3.74. The second-order valence-electron chi connectivity index (χ2n) is 5.96. The van der Waals surface area contributed by atoms with Crippen molar-refractivity contribution in [2.24, 2.45) is 0 Å². The van der Waals surface area contributed by atoms with E-state index in [0.717, 1.165) is 17.9 Å². The molecule has 0 amide bonds. The number of hydrogen-bond acceptors (Lipinski definition) is 4. The molecule has 5 heteroatoms. The molecule has 0 aliphatic rings. The zero-order valence-corrected chi connectivity index (χ0v) is 14.2. The lowest BCUT2D eigenvalue weighted by Gasteiger charge is -2.16. The van der Waals surface area contributed by atoms with E-state index >= 15 is 0 Å². The second kappa shape index (κ2) is 8.17. The standard InChI is InChI=1S/C20H21N5/c1-15(12-16-8-4-2-5-9-16)24-19-18(13-21)20(23-14-22-19)25-17-10-6-3-7-11-17/h2-11,13-15,21H,12H2,1H3,(H2,22,23,24,25)/p+1. The molecule has 0 radical (unpaired) electrons. The van der Waals surface area contributed by atoms with Crippen molar-refractivity contribution >= 4 is 23.5 Å². The van der Waals surface area contributed by atoms with Gasteiger partial charge in [-0.25, -0.2) is 4.98 Å². The molecule has 3 rings (SSSR count). The minimum absolute atomic E-state index is 0.195. The third-order valence-corrected chi connectivity index (χ3v) is 3.93. The average molecular weight is 332 g/mol. The monoisotopic (exact) mass is 332 g/mol. The van der Waals surface area contributed by atoms with Crippen molar-refractivity contribution in [1.82, 2.24) is 9.97 Å². The predicted octanol–water partition coefficient (Wildman–Crippen LogP) is 3.04. The summed E-state index contributed by atoms with van der Waals surface area (Å²) in [5.74, 6) is 1.43. The van der Waals surface area contributed by atoms with E-state index in [1.54, 1.807) is 6.33 Å². The first-order valence-corrected chi connectivity index (χ1v) is 8.32. The molecular weight excluding hydrogens is 310 g/mol. The SMILES string of the molecule is CC(Cc1ccccc1)Nc1ncnc([NH2+]c2ccccc2)c1C=N. The van der Waals surface area contributed by atoms with E-state index in [2.05, 4.69) is 34.3 Å². The fourth-order valence-electron chi connectivity index (χ4n) is 2.74. The maximum atomic E-state index is 7.79. The van der Waals surface area contributed by atoms with Crippen LogP contribution in [0.2, 0.25) is 0 Å². The van der Waals surface area contributed by atoms with E-state index in [1.165, 1.54) is 11.8 Å². The minimum Gasteiger partial charge on any atom is -0.366 e. The van der Waals surface area contributed by atoms with Gasteiger partial charge >= 0.3 is 0 Å². The minimum atomic E-state index is 0.195. The number of aromatic nitrogens is 2. The molecule has 1 aromatic heterocycles. The van der Waals surface area contributed by atoms with Crippen LogP contribution in [0.5, 0.6) is 0 Å². The number of nitrogens with two attached hydrogens (primary N) is 1. The van der Waals surface area contributed by atoms with Crippen molar-refractivity contribution in [3.05, 3.63) is 78.1 Å². The molecule has 1 atom stereocenters. The summed E-state index contributed by atoms with van der Waals surface area (Å²) in [6, 6.07) is 20.5. The second-order valence-corrected chi connectivity index (χ2v) is 5.96. The number of quaternary nitrogens is 1. The van der Waals surface area contributed by atoms with Crippen molar-refractivity contribution in [3.63, 3.8) is 0 Å². The zero-order valence-electron chi connectivity index (χ0n) is 14.2. The lowest BCUT2D eigenvalue weighted by molar-refractivity contribution is -0.483. The van der Waals surface area contributed by atoms with Gasteiger partial charge in [0.25, 0.3) is 0 Å². The van der Waals surface area contributed by atoms with Crippen molar-refractivity contribution in [1.29, 1.82) is 5.41 Å². The van der Waals surface area contributed by atoms with Crippen LogP contribution in [-0.4, -0.2) is 22.2 Å². The summed E-state index contributed by atoms with van der Waals surface area (Å²) in [6.45, 7) is 2.11. The maximum Gasteiger partial charge on any atom is 0.243 e. The average Bonchev–Trinajstić information content (AvgIpc) is 2.63. The van der Waals surface area contributed by atoms with Crippen molar-refractivity contribution in [2.45, 2.75) is 19.4 Å². The van der Waals surface area contributed by atoms with Crippen molar-refractivity contribution in [2.75, 3.05) is 5.32 Å². The van der Waals surface area contributed by atoms with E-state index in [4.69, 9.17) is 5.41 Å². The van der Waals surface area contributed by atoms with Gasteiger partial charge in [-0.2, -0.15) is 4.98 Å². The summed E-state index contributed by atoms with van der Waals surface area (Å²) >= 11 is 0. The van der Waals surface area contributed by atoms with E-state index < -0.39 is 0 Å². The highest BCUT2D eigenvalue weighted by Crippen LogP contribution is 2.17. The third kappa shape index (κ3) is 4.49. The number of anilines is 1. The maximum absolute atomic E-state index is 7.79. The zero-order chi connectivity index (χ0) is 17.5. The largest absolute Gasteiger partial charge is 0.366 e. The van der Waals surface area contributed by atoms with Crippen LogP contribution in [0.4, 0.5) is 17.3 Å². The van der Waals surface area contributed by atoms with E-state index in [1.807, 2.05) is 53.8 Å². The Morgan fingerprint density at radius 1 is 1.04 bits per heavy atom. The van der Waals surface area contributed by atoms with Crippen LogP contribution in [0.15, 0.2) is 67.0 Å². The van der Waals surface area contributed by atoms with Crippen LogP contribution in [0, 0.1) is 5.41 Å². The summed E-state index contributed by atoms with van der Waals surface area (Å²) in [7, 11) is 0. The Kier molecular flexibility index (Phi) is 5.49. The molecule has 3 aromatic rings. The predicted molar refractivity (Wildman–Crippen MR) is 101 cm³/mol. The first-order chi connectivity index (χ1) is 12.3. The highest BCUT2D eigenvalue weighted by molar-refractivity contribution is 5.88. The Morgan fingerprint density at radius 3 is 2.40 bits per heavy atom. The molecule has 0 aliphatic heterocycles. The summed E-state index contributed by atoms with van der Waals surface area (Å²) < 4.78 is 0. The van der Waals surface area contributed by atoms with E-state index in [0.29, 0.717) is 11.4 Å². The van der Waals surface area contributed by atoms with Gasteiger partial charge < -0.3 is 10.7 Å². The van der Waals surface area contributed by atoms with Gasteiger partial charge in [-0.15, -0.1) is 0 Å². The Labute approximate surface area is 147 Å². The fraction of sp³-hybridized carbons (Fsp3) is 0.150. The Balaban J connectivity index is 1.77. The van der Waals surface area contributed by atoms with E-state index in [-0.39, 0.29) is 6.04 Å². The number of nitrogens with one attached hydrogen (secondary N) is 2. The molecule has 126 valence electrons. The summed E-state index contributed by atoms with van der Waals surface area (Å²) in [4.78, 5) is 8.68. The summed E-state index contributed by atoms with van der Waals surface area (Å²) in [5.41, 5.74) is 3.02. The molecule has 0 fully saturated rings. The molecule has 2 aromatic carbocycles. The molecule has 0 spiro atoms. The summed E-state index contributed by atoms with van der Waals surface area (Å²) in [5, 5.41) is 13.2. The van der Waals surface area contributed by atoms with Crippen LogP contribution in [0.3, 0.4) is 0 Å². The molecule has 0 saturated carbocycles. The molecule has 25 heavy (non-hydrogen) atoms. The molecule has 1 unspecified atom stereocenters. The van der Waals surface area contributed by atoms with E-state index in [9.17, 15) is 0 Å². The Morgan fingerprint density at radius 2 is 1.72 bits per heavy atom. The van der Waals surface area contributed by atoms with Gasteiger partial charge in [0.2, 0.25) is 5.82 Å². The molecule has 5 nitrogen and oxygen atoms in total. The third-order valence-electron chi connectivity index (χ3n) is 3.93. The molecule has 1 heterocycles. The number of rotatable bonds is 7. The van der Waals surface area contributed by atoms with Crippen LogP contribution < -0.4 is 10.6 Å². The molecule has 0 aliphatic carbocycles. The van der Waals surface area contributed by atoms with Gasteiger partial charge in [0, 0.05) is 12.3 Å². The van der Waals surface area contributed by atoms with Crippen LogP contribution in [0.1, 0.15) is 18.1 Å². The van der Waals surface area contributed by atoms with Gasteiger partial charge in [0.1, 0.15) is 23.4 Å². The Bertz CT molecular complexity index is 818. The van der Waals surface area contributed by atoms with Gasteiger partial charge in [-0.1, -0.05) is 48.5 Å². The van der Waals surface area contributed by atoms with Gasteiger partial charge in [-0.3, -0.25) is 5.32 Å². The molecule has 0 bridgehead atoms. The van der Waals surface area contributed by atoms with Crippen LogP contribution in [0.25, 0.3) is 0 Å². The number of hydrogen-bond donors (Lipinski definition) is 3. The number of nitrogens with zero attached hydrogens (tertiary/aromatic N) is 2. The van der Waals surface area contributed by atoms with Crippen LogP contribution in [-0.2, 0) is 6.42 Å². The number of benzene rings is 2. The normalized spacial score (nSPS) is 11.7. The van der Waals surface area contributed by atoms with Crippen molar-refractivity contribution in [3.8, 4) is 0 Å². The molecule has 4 N–H and O–H groups in total. The van der Waals surface area contributed by atoms with Gasteiger partial charge in [0.15, 0.2) is 0 Å². The smallest absolute Gasteiger partial charge is 0.243 e. The lowest BCUT2D eigenvalue weighted by Crippen LogP contribution is -2.72. The van der Waals surface area contributed by atoms with Crippen molar-refractivity contribution < 1.29 is 5.32 Å². The highest BCUT2D eigenvalue weighted by Gasteiger charge is 2.15. The fourth-order valence-corrected chi connectivity index (χ4v) is 2.74. The highest BCUT2D eigenvalue weighted by atomic mass is 15.1. The molecular formula is C20H22N5+. The topological polar surface area (TPSA) is 78.3 Å². The van der Waals surface area contributed by atoms with Crippen LogP contribution >= 0.6 is 0 Å². The first-order valence-electron chi connectivity index (χ1n) is 8.32. The van der Waals surface area contributed by atoms with Gasteiger partial charge in [-0.05, 0) is 31.0 Å². The molecule has 0 saturated heterocycles. The lowest BCUT2D eigenvalue weighted by atomic mass is 10.1. The first kappa shape index (κ1) is 16.8.